The first kappa shape index (κ1) is 67.8. The monoisotopic (exact) mass is 1590 g/mol. The van der Waals surface area contributed by atoms with Crippen molar-refractivity contribution in [2.45, 2.75) is 5.41 Å². The lowest BCUT2D eigenvalue weighted by Crippen LogP contribution is -2.28. The average molecular weight is 1600 g/mol. The second-order valence-electron chi connectivity index (χ2n) is 31.8. The molecule has 26 rings (SSSR count). The number of hydrogen-bond acceptors (Lipinski definition) is 8. The van der Waals surface area contributed by atoms with Gasteiger partial charge in [0.2, 0.25) is 0 Å². The molecular formula is C112H63N3OS4. The van der Waals surface area contributed by atoms with E-state index in [4.69, 9.17) is 19.4 Å². The summed E-state index contributed by atoms with van der Waals surface area (Å²) in [6, 6.07) is 142. The summed E-state index contributed by atoms with van der Waals surface area (Å²) in [5.41, 5.74) is 33.4. The van der Waals surface area contributed by atoms with Gasteiger partial charge in [0.05, 0.1) is 52.6 Å². The van der Waals surface area contributed by atoms with Crippen molar-refractivity contribution in [1.29, 1.82) is 0 Å². The zero-order chi connectivity index (χ0) is 78.4. The zero-order valence-corrected chi connectivity index (χ0v) is 67.5. The largest absolute Gasteiger partial charge is 0.456 e. The maximum atomic E-state index is 6.26. The molecule has 0 saturated carbocycles. The lowest BCUT2D eigenvalue weighted by Gasteiger charge is -2.34. The Morgan fingerprint density at radius 1 is 0.200 bits per heavy atom. The number of nitrogens with zero attached hydrogens (tertiary/aromatic N) is 3. The number of fused-ring (bicyclic) bond motifs is 21. The van der Waals surface area contributed by atoms with Crippen LogP contribution in [-0.4, -0.2) is 15.0 Å². The van der Waals surface area contributed by atoms with Crippen molar-refractivity contribution < 1.29 is 4.42 Å². The molecule has 0 bridgehead atoms. The van der Waals surface area contributed by atoms with Crippen molar-refractivity contribution in [3.05, 3.63) is 404 Å². The maximum absolute atomic E-state index is 6.26. The molecule has 0 amide bonds. The topological polar surface area (TPSA) is 51.8 Å². The molecule has 1 aliphatic carbocycles. The molecule has 8 aromatic heterocycles. The highest BCUT2D eigenvalue weighted by molar-refractivity contribution is 7.27. The highest BCUT2D eigenvalue weighted by Crippen LogP contribution is 2.59. The van der Waals surface area contributed by atoms with Gasteiger partial charge < -0.3 is 4.42 Å². The second kappa shape index (κ2) is 26.3. The van der Waals surface area contributed by atoms with Crippen molar-refractivity contribution >= 4 is 181 Å². The van der Waals surface area contributed by atoms with Gasteiger partial charge in [-0.15, -0.1) is 45.3 Å². The Bertz CT molecular complexity index is 8660. The van der Waals surface area contributed by atoms with E-state index < -0.39 is 5.41 Å². The second-order valence-corrected chi connectivity index (χ2v) is 36.0. The summed E-state index contributed by atoms with van der Waals surface area (Å²) in [4.78, 5) is 16.2. The molecule has 0 N–H and O–H groups in total. The molecular weight excluding hydrogens is 1530 g/mol. The van der Waals surface area contributed by atoms with Gasteiger partial charge in [0.1, 0.15) is 11.2 Å². The van der Waals surface area contributed by atoms with Crippen molar-refractivity contribution in [3.63, 3.8) is 0 Å². The van der Waals surface area contributed by atoms with Crippen LogP contribution in [0.5, 0.6) is 0 Å². The highest BCUT2D eigenvalue weighted by Gasteiger charge is 2.46. The molecule has 120 heavy (non-hydrogen) atoms. The van der Waals surface area contributed by atoms with Gasteiger partial charge in [-0.25, -0.2) is 15.0 Å². The summed E-state index contributed by atoms with van der Waals surface area (Å²) >= 11 is 7.41. The van der Waals surface area contributed by atoms with E-state index in [1.54, 1.807) is 0 Å². The van der Waals surface area contributed by atoms with Crippen molar-refractivity contribution in [3.8, 4) is 100 Å². The minimum atomic E-state index is -0.715. The molecule has 556 valence electrons. The van der Waals surface area contributed by atoms with Crippen molar-refractivity contribution in [2.75, 3.05) is 0 Å². The third-order valence-corrected chi connectivity index (χ3v) is 30.1. The molecule has 0 spiro atoms. The average Bonchev–Trinajstić information content (AvgIpc) is 1.54. The van der Waals surface area contributed by atoms with Crippen LogP contribution in [0.15, 0.2) is 387 Å². The Balaban J connectivity index is 0.646. The van der Waals surface area contributed by atoms with Gasteiger partial charge in [-0.2, -0.15) is 0 Å². The van der Waals surface area contributed by atoms with Crippen molar-refractivity contribution in [1.82, 2.24) is 15.0 Å². The van der Waals surface area contributed by atoms with E-state index >= 15 is 0 Å². The van der Waals surface area contributed by atoms with Crippen LogP contribution in [0, 0.1) is 0 Å². The molecule has 8 heteroatoms. The predicted molar refractivity (Wildman–Crippen MR) is 512 cm³/mol. The van der Waals surface area contributed by atoms with Gasteiger partial charge in [-0.05, 0) is 191 Å². The highest BCUT2D eigenvalue weighted by atomic mass is 32.1. The number of thiophene rings is 4. The van der Waals surface area contributed by atoms with Crippen LogP contribution >= 0.6 is 45.3 Å². The van der Waals surface area contributed by atoms with E-state index in [-0.39, 0.29) is 0 Å². The standard InChI is InChI=1S/C112H63N3OS4/c1-2-21-74(22-3-1)112(91-33-11-4-24-77(91)78-55-52-71(61-92(78)112)65-42-48-67(49-43-65)102-81-26-5-12-34-93(81)113-105-84-29-9-16-38-98(84)117-109(102)105)75-23-18-20-72(58-75)87-63-101-89(80-32-19-31-76(108(80)120-101)66-44-50-69(51-45-66)103-82-27-6-13-35-94(82)114-106-85-30-10-17-39-99(85)118-110(103)106)62-86(87)73-54-57-100-90(60-73)107-111(119-100)104(83-28-7-14-36-95(83)115-107)68-46-40-64(41-47-68)70-53-56-97-88(59-70)79-25-8-15-37-96(79)116-97/h1-63H. The van der Waals surface area contributed by atoms with E-state index in [1.165, 1.54) is 131 Å². The predicted octanol–water partition coefficient (Wildman–Crippen LogP) is 32.4. The molecule has 1 aliphatic rings. The first-order chi connectivity index (χ1) is 59.4. The van der Waals surface area contributed by atoms with Gasteiger partial charge >= 0.3 is 0 Å². The Kier molecular flexibility index (Phi) is 14.9. The quantitative estimate of drug-likeness (QED) is 0.137. The fourth-order valence-electron chi connectivity index (χ4n) is 19.9. The van der Waals surface area contributed by atoms with Crippen LogP contribution in [0.4, 0.5) is 0 Å². The van der Waals surface area contributed by atoms with E-state index in [0.717, 1.165) is 127 Å². The van der Waals surface area contributed by atoms with Crippen molar-refractivity contribution in [2.24, 2.45) is 0 Å². The molecule has 17 aromatic carbocycles. The number of benzene rings is 17. The maximum Gasteiger partial charge on any atom is 0.135 e. The fraction of sp³-hybridized carbons (Fsp3) is 0.00893. The first-order valence-electron chi connectivity index (χ1n) is 40.7. The van der Waals surface area contributed by atoms with Crippen LogP contribution in [0.25, 0.3) is 236 Å². The van der Waals surface area contributed by atoms with E-state index in [2.05, 4.69) is 370 Å². The molecule has 1 atom stereocenters. The van der Waals surface area contributed by atoms with Gasteiger partial charge in [0, 0.05) is 94.1 Å². The van der Waals surface area contributed by atoms with Crippen LogP contribution < -0.4 is 0 Å². The zero-order valence-electron chi connectivity index (χ0n) is 64.3. The summed E-state index contributed by atoms with van der Waals surface area (Å²) in [7, 11) is 0. The third kappa shape index (κ3) is 10.2. The summed E-state index contributed by atoms with van der Waals surface area (Å²) in [6.45, 7) is 0. The van der Waals surface area contributed by atoms with E-state index in [1.807, 2.05) is 57.5 Å². The molecule has 0 radical (unpaired) electrons. The molecule has 4 nitrogen and oxygen atoms in total. The lowest BCUT2D eigenvalue weighted by molar-refractivity contribution is 0.669. The minimum Gasteiger partial charge on any atom is -0.456 e. The molecule has 25 aromatic rings. The smallest absolute Gasteiger partial charge is 0.135 e. The fourth-order valence-corrected chi connectivity index (χ4v) is 24.8. The summed E-state index contributed by atoms with van der Waals surface area (Å²) < 4.78 is 16.0. The van der Waals surface area contributed by atoms with E-state index in [0.29, 0.717) is 0 Å². The van der Waals surface area contributed by atoms with Crippen LogP contribution in [0.2, 0.25) is 0 Å². The van der Waals surface area contributed by atoms with Gasteiger partial charge in [0.15, 0.2) is 0 Å². The number of furan rings is 1. The summed E-state index contributed by atoms with van der Waals surface area (Å²) in [6.07, 6.45) is 0. The number of hydrogen-bond donors (Lipinski definition) is 0. The third-order valence-electron chi connectivity index (χ3n) is 25.4. The Labute approximate surface area is 704 Å². The number of aromatic nitrogens is 3. The van der Waals surface area contributed by atoms with Gasteiger partial charge in [-0.1, -0.05) is 297 Å². The van der Waals surface area contributed by atoms with Gasteiger partial charge in [0.25, 0.3) is 0 Å². The van der Waals surface area contributed by atoms with Crippen LogP contribution in [-0.2, 0) is 5.41 Å². The molecule has 0 saturated heterocycles. The lowest BCUT2D eigenvalue weighted by atomic mass is 9.67. The number of rotatable bonds is 10. The Hall–Kier alpha value is -14.4. The Morgan fingerprint density at radius 2 is 0.625 bits per heavy atom. The molecule has 1 unspecified atom stereocenters. The molecule has 8 heterocycles. The summed E-state index contributed by atoms with van der Waals surface area (Å²) in [5, 5.41) is 11.7. The van der Waals surface area contributed by atoms with Gasteiger partial charge in [-0.3, -0.25) is 0 Å². The SMILES string of the molecule is c1ccc(C2(c3cccc(-c4cc5sc6c(-c7ccc(-c8c9ccccc9nc9c8sc8ccccc89)cc7)cccc6c5cc4-c4ccc5sc6c(-c7ccc(-c8ccc9oc%10ccccc%10c9c8)cc7)c7ccccc7nc6c5c4)c3)c3ccccc3-c3ccc(-c4ccc(-c5c6ccccc6nc6c5sc5ccccc56)cc4)cc32)cc1. The number of para-hydroxylation sites is 4. The minimum absolute atomic E-state index is 0.715. The van der Waals surface area contributed by atoms with Crippen LogP contribution in [0.1, 0.15) is 22.3 Å². The number of pyridine rings is 3. The normalized spacial score (nSPS) is 13.5. The Morgan fingerprint density at radius 3 is 1.27 bits per heavy atom. The molecule has 0 aliphatic heterocycles. The molecule has 0 fully saturated rings. The first-order valence-corrected chi connectivity index (χ1v) is 44.0. The van der Waals surface area contributed by atoms with Crippen LogP contribution in [0.3, 0.4) is 0 Å². The van der Waals surface area contributed by atoms with E-state index in [9.17, 15) is 0 Å². The summed E-state index contributed by atoms with van der Waals surface area (Å²) in [5.74, 6) is 0.